The quantitative estimate of drug-likeness (QED) is 0.794. The fourth-order valence-corrected chi connectivity index (χ4v) is 3.86. The predicted molar refractivity (Wildman–Crippen MR) is 98.4 cm³/mol. The highest BCUT2D eigenvalue weighted by molar-refractivity contribution is 7.15. The molecule has 2 aromatic rings. The topological polar surface area (TPSA) is 57.7 Å². The van der Waals surface area contributed by atoms with Gasteiger partial charge in [-0.15, -0.1) is 11.3 Å². The van der Waals surface area contributed by atoms with Gasteiger partial charge in [0.05, 0.1) is 9.75 Å². The average Bonchev–Trinajstić information content (AvgIpc) is 3.07. The van der Waals surface area contributed by atoms with Crippen molar-refractivity contribution in [2.45, 2.75) is 26.8 Å². The monoisotopic (exact) mass is 356 g/mol. The van der Waals surface area contributed by atoms with E-state index in [4.69, 9.17) is 0 Å². The molecule has 0 radical (unpaired) electrons. The van der Waals surface area contributed by atoms with Crippen molar-refractivity contribution in [3.63, 3.8) is 0 Å². The zero-order valence-electron chi connectivity index (χ0n) is 14.5. The third-order valence-electron chi connectivity index (χ3n) is 4.42. The average molecular weight is 356 g/mol. The molecule has 2 amide bonds. The molecule has 5 nitrogen and oxygen atoms in total. The summed E-state index contributed by atoms with van der Waals surface area (Å²) in [6.45, 7) is 5.89. The van der Waals surface area contributed by atoms with Crippen LogP contribution in [-0.2, 0) is 4.79 Å². The molecule has 25 heavy (non-hydrogen) atoms. The first kappa shape index (κ1) is 17.4. The third kappa shape index (κ3) is 3.35. The molecule has 0 saturated carbocycles. The number of para-hydroxylation sites is 1. The molecule has 0 spiro atoms. The molecule has 1 aliphatic rings. The number of amides is 2. The number of anilines is 1. The van der Waals surface area contributed by atoms with Crippen LogP contribution < -0.4 is 4.90 Å². The molecule has 0 aliphatic carbocycles. The first-order valence-electron chi connectivity index (χ1n) is 8.16. The van der Waals surface area contributed by atoms with Crippen LogP contribution in [0.4, 0.5) is 5.69 Å². The number of piperazine rings is 1. The number of carbonyl (C=O) groups is 3. The van der Waals surface area contributed by atoms with E-state index in [9.17, 15) is 14.4 Å². The lowest BCUT2D eigenvalue weighted by Crippen LogP contribution is -2.57. The van der Waals surface area contributed by atoms with E-state index in [1.807, 2.05) is 38.1 Å². The zero-order chi connectivity index (χ0) is 18.1. The van der Waals surface area contributed by atoms with E-state index in [1.165, 1.54) is 18.3 Å². The second kappa shape index (κ2) is 6.80. The van der Waals surface area contributed by atoms with Gasteiger partial charge in [-0.1, -0.05) is 18.2 Å². The maximum Gasteiger partial charge on any atom is 0.264 e. The minimum Gasteiger partial charge on any atom is -0.324 e. The van der Waals surface area contributed by atoms with E-state index < -0.39 is 0 Å². The van der Waals surface area contributed by atoms with Crippen LogP contribution in [0.3, 0.4) is 0 Å². The second-order valence-corrected chi connectivity index (χ2v) is 7.38. The van der Waals surface area contributed by atoms with Crippen molar-refractivity contribution in [2.24, 2.45) is 0 Å². The van der Waals surface area contributed by atoms with Crippen LogP contribution in [-0.4, -0.2) is 41.6 Å². The Morgan fingerprint density at radius 3 is 2.44 bits per heavy atom. The van der Waals surface area contributed by atoms with Crippen molar-refractivity contribution in [1.82, 2.24) is 4.90 Å². The normalized spacial score (nSPS) is 17.7. The van der Waals surface area contributed by atoms with E-state index in [-0.39, 0.29) is 30.2 Å². The highest BCUT2D eigenvalue weighted by atomic mass is 32.1. The highest BCUT2D eigenvalue weighted by Gasteiger charge is 2.34. The van der Waals surface area contributed by atoms with Crippen molar-refractivity contribution in [1.29, 1.82) is 0 Å². The van der Waals surface area contributed by atoms with Crippen LogP contribution in [0.1, 0.15) is 38.8 Å². The molecule has 0 bridgehead atoms. The Hall–Kier alpha value is -2.47. The molecule has 1 atom stereocenters. The van der Waals surface area contributed by atoms with Crippen molar-refractivity contribution in [2.75, 3.05) is 18.0 Å². The Balaban J connectivity index is 1.80. The standard InChI is InChI=1S/C19H20N2O3S/c1-12-6-4-5-7-15(12)21-10-13(2)20(11-18(21)23)19(24)17-9-8-16(25-17)14(3)22/h4-9,13H,10-11H2,1-3H3/t13-/m0/s1. The van der Waals surface area contributed by atoms with Gasteiger partial charge in [-0.3, -0.25) is 14.4 Å². The number of thiophene rings is 1. The molecular formula is C19H20N2O3S. The number of aryl methyl sites for hydroxylation is 1. The van der Waals surface area contributed by atoms with Gasteiger partial charge in [0.25, 0.3) is 5.91 Å². The Kier molecular flexibility index (Phi) is 4.72. The molecule has 1 aromatic heterocycles. The summed E-state index contributed by atoms with van der Waals surface area (Å²) >= 11 is 1.18. The smallest absolute Gasteiger partial charge is 0.264 e. The second-order valence-electron chi connectivity index (χ2n) is 6.29. The van der Waals surface area contributed by atoms with E-state index >= 15 is 0 Å². The molecule has 130 valence electrons. The van der Waals surface area contributed by atoms with Crippen molar-refractivity contribution in [3.8, 4) is 0 Å². The summed E-state index contributed by atoms with van der Waals surface area (Å²) in [5.74, 6) is -0.343. The fourth-order valence-electron chi connectivity index (χ4n) is 3.01. The van der Waals surface area contributed by atoms with E-state index in [0.717, 1.165) is 11.3 Å². The first-order chi connectivity index (χ1) is 11.9. The zero-order valence-corrected chi connectivity index (χ0v) is 15.3. The van der Waals surface area contributed by atoms with Gasteiger partial charge in [-0.2, -0.15) is 0 Å². The first-order valence-corrected chi connectivity index (χ1v) is 8.98. The van der Waals surface area contributed by atoms with Gasteiger partial charge in [0.2, 0.25) is 5.91 Å². The van der Waals surface area contributed by atoms with Gasteiger partial charge in [0, 0.05) is 18.3 Å². The van der Waals surface area contributed by atoms with Gasteiger partial charge < -0.3 is 9.80 Å². The number of hydrogen-bond donors (Lipinski definition) is 0. The number of carbonyl (C=O) groups excluding carboxylic acids is 3. The van der Waals surface area contributed by atoms with Gasteiger partial charge in [-0.05, 0) is 44.5 Å². The van der Waals surface area contributed by atoms with Gasteiger partial charge in [0.15, 0.2) is 5.78 Å². The Morgan fingerprint density at radius 2 is 1.80 bits per heavy atom. The Morgan fingerprint density at radius 1 is 1.12 bits per heavy atom. The minimum atomic E-state index is -0.192. The van der Waals surface area contributed by atoms with Crippen LogP contribution in [0, 0.1) is 6.92 Å². The van der Waals surface area contributed by atoms with E-state index in [2.05, 4.69) is 0 Å². The molecule has 3 rings (SSSR count). The molecule has 1 fully saturated rings. The van der Waals surface area contributed by atoms with Crippen molar-refractivity contribution < 1.29 is 14.4 Å². The Bertz CT molecular complexity index is 843. The van der Waals surface area contributed by atoms with Gasteiger partial charge >= 0.3 is 0 Å². The van der Waals surface area contributed by atoms with Crippen LogP contribution >= 0.6 is 11.3 Å². The summed E-state index contributed by atoms with van der Waals surface area (Å²) in [6, 6.07) is 11.0. The van der Waals surface area contributed by atoms with Crippen LogP contribution in [0.15, 0.2) is 36.4 Å². The molecule has 0 N–H and O–H groups in total. The summed E-state index contributed by atoms with van der Waals surface area (Å²) in [7, 11) is 0. The minimum absolute atomic E-state index is 0.0433. The molecule has 1 saturated heterocycles. The lowest BCUT2D eigenvalue weighted by Gasteiger charge is -2.39. The molecule has 6 heteroatoms. The maximum absolute atomic E-state index is 12.8. The van der Waals surface area contributed by atoms with E-state index in [0.29, 0.717) is 16.3 Å². The van der Waals surface area contributed by atoms with Crippen LogP contribution in [0.5, 0.6) is 0 Å². The largest absolute Gasteiger partial charge is 0.324 e. The number of benzene rings is 1. The SMILES string of the molecule is CC(=O)c1ccc(C(=O)N2CC(=O)N(c3ccccc3C)C[C@@H]2C)s1. The number of hydrogen-bond acceptors (Lipinski definition) is 4. The van der Waals surface area contributed by atoms with Crippen LogP contribution in [0.25, 0.3) is 0 Å². The van der Waals surface area contributed by atoms with Crippen molar-refractivity contribution in [3.05, 3.63) is 51.7 Å². The predicted octanol–water partition coefficient (Wildman–Crippen LogP) is 3.14. The Labute approximate surface area is 150 Å². The van der Waals surface area contributed by atoms with Gasteiger partial charge in [0.1, 0.15) is 6.54 Å². The summed E-state index contributed by atoms with van der Waals surface area (Å²) in [4.78, 5) is 41.2. The lowest BCUT2D eigenvalue weighted by molar-refractivity contribution is -0.121. The third-order valence-corrected chi connectivity index (χ3v) is 5.59. The summed E-state index contributed by atoms with van der Waals surface area (Å²) in [6.07, 6.45) is 0. The fraction of sp³-hybridized carbons (Fsp3) is 0.316. The number of rotatable bonds is 3. The molecular weight excluding hydrogens is 336 g/mol. The number of Topliss-reactive ketones (excluding diaryl/α,β-unsaturated/α-hetero) is 1. The molecule has 2 heterocycles. The highest BCUT2D eigenvalue weighted by Crippen LogP contribution is 2.26. The summed E-state index contributed by atoms with van der Waals surface area (Å²) < 4.78 is 0. The lowest BCUT2D eigenvalue weighted by atomic mass is 10.1. The summed E-state index contributed by atoms with van der Waals surface area (Å²) in [5.41, 5.74) is 1.92. The van der Waals surface area contributed by atoms with Crippen molar-refractivity contribution >= 4 is 34.6 Å². The molecule has 1 aromatic carbocycles. The van der Waals surface area contributed by atoms with Gasteiger partial charge in [-0.25, -0.2) is 0 Å². The van der Waals surface area contributed by atoms with Crippen LogP contribution in [0.2, 0.25) is 0 Å². The molecule has 1 aliphatic heterocycles. The number of ketones is 1. The number of nitrogens with zero attached hydrogens (tertiary/aromatic N) is 2. The summed E-state index contributed by atoms with van der Waals surface area (Å²) in [5, 5.41) is 0. The maximum atomic E-state index is 12.8. The van der Waals surface area contributed by atoms with E-state index in [1.54, 1.807) is 21.9 Å². The molecule has 0 unspecified atom stereocenters.